The van der Waals surface area contributed by atoms with Crippen molar-refractivity contribution in [3.05, 3.63) is 93.8 Å². The standard InChI is InChI=1S/C40H45ClN4O6S/c1-49-36-5-3-2-4-14-52(48,43-39(47)28-15-30-22-50-13-12-44(30)21-28)42-38(46)25-7-11-37-35(17-25)45(20-26-6-9-31(26)36)23-40(24-51-37)19-27-16-32(27)33-18-29(41)8-10-34(33)40/h3,5,7-8,10-11,15,17-18,21,26-27,31-32,36H,2,4,6,9,12-14,16,19-20,22-24H2,1H3,(H,42,43,46,47,48)/b5-3+/t26-,27-,31+,32-,36-,40-,52-/m0/s1. The van der Waals surface area contributed by atoms with Crippen LogP contribution in [0.3, 0.4) is 0 Å². The minimum Gasteiger partial charge on any atom is -0.490 e. The van der Waals surface area contributed by atoms with E-state index >= 15 is 0 Å². The van der Waals surface area contributed by atoms with Gasteiger partial charge in [-0.3, -0.25) is 14.3 Å². The number of nitrogens with one attached hydrogen (secondary N) is 1. The normalized spacial score (nSPS) is 32.8. The molecule has 12 heteroatoms. The van der Waals surface area contributed by atoms with Crippen molar-refractivity contribution < 1.29 is 28.0 Å². The van der Waals surface area contributed by atoms with E-state index in [1.54, 1.807) is 25.4 Å². The van der Waals surface area contributed by atoms with Gasteiger partial charge in [-0.05, 0) is 110 Å². The first-order valence-corrected chi connectivity index (χ1v) is 20.7. The Kier molecular flexibility index (Phi) is 8.76. The summed E-state index contributed by atoms with van der Waals surface area (Å²) in [5, 5.41) is 0.766. The Balaban J connectivity index is 1.09. The lowest BCUT2D eigenvalue weighted by Crippen LogP contribution is -2.49. The number of hydrogen-bond donors (Lipinski definition) is 1. The van der Waals surface area contributed by atoms with Crippen LogP contribution in [0.15, 0.2) is 65.2 Å². The SMILES string of the molecule is CO[C@H]1/C=C/CCC[S@@](=O)(NC(=O)c2cc3n(c2)CCOC3)=NC(=O)c2ccc3c(c2)N(C[C@@H]2CC[C@H]21)C[C@]1(CO3)C[C@@H]2C[C@@H]2c2cc(Cl)ccc21. The van der Waals surface area contributed by atoms with Gasteiger partial charge in [-0.2, -0.15) is 0 Å². The molecule has 2 aromatic carbocycles. The fourth-order valence-electron chi connectivity index (χ4n) is 9.39. The Morgan fingerprint density at radius 1 is 1.15 bits per heavy atom. The van der Waals surface area contributed by atoms with Crippen LogP contribution in [0.4, 0.5) is 5.69 Å². The third-order valence-electron chi connectivity index (χ3n) is 12.3. The molecule has 0 unspecified atom stereocenters. The van der Waals surface area contributed by atoms with Gasteiger partial charge < -0.3 is 23.7 Å². The van der Waals surface area contributed by atoms with Crippen LogP contribution >= 0.6 is 11.6 Å². The van der Waals surface area contributed by atoms with E-state index in [0.717, 1.165) is 54.5 Å². The van der Waals surface area contributed by atoms with Crippen LogP contribution < -0.4 is 14.4 Å². The second kappa shape index (κ2) is 13.3. The van der Waals surface area contributed by atoms with Gasteiger partial charge in [-0.1, -0.05) is 29.8 Å². The molecule has 7 atom stereocenters. The summed E-state index contributed by atoms with van der Waals surface area (Å²) in [6.07, 6.45) is 11.4. The Labute approximate surface area is 310 Å². The molecule has 3 aromatic rings. The van der Waals surface area contributed by atoms with E-state index in [0.29, 0.717) is 74.0 Å². The van der Waals surface area contributed by atoms with Gasteiger partial charge in [0.25, 0.3) is 11.8 Å². The van der Waals surface area contributed by atoms with E-state index in [1.165, 1.54) is 17.5 Å². The second-order valence-corrected chi connectivity index (χ2v) is 18.1. The third kappa shape index (κ3) is 6.27. The summed E-state index contributed by atoms with van der Waals surface area (Å²) in [5.41, 5.74) is 4.81. The van der Waals surface area contributed by atoms with Gasteiger partial charge in [0.1, 0.15) is 15.7 Å². The average Bonchev–Trinajstić information content (AvgIpc) is 3.80. The van der Waals surface area contributed by atoms with Crippen molar-refractivity contribution in [3.8, 4) is 5.75 Å². The zero-order valence-corrected chi connectivity index (χ0v) is 31.0. The number of nitrogens with zero attached hydrogens (tertiary/aromatic N) is 3. The fraction of sp³-hybridized carbons (Fsp3) is 0.500. The molecule has 2 bridgehead atoms. The summed E-state index contributed by atoms with van der Waals surface area (Å²) in [5.74, 6) is 1.51. The molecule has 1 spiro atoms. The van der Waals surface area contributed by atoms with Gasteiger partial charge in [0, 0.05) is 54.6 Å². The Morgan fingerprint density at radius 3 is 2.88 bits per heavy atom. The Morgan fingerprint density at radius 2 is 2.06 bits per heavy atom. The molecule has 2 fully saturated rings. The van der Waals surface area contributed by atoms with Crippen molar-refractivity contribution in [3.63, 3.8) is 0 Å². The molecular formula is C40H45ClN4O6S. The Bertz CT molecular complexity index is 2070. The first-order valence-electron chi connectivity index (χ1n) is 18.6. The third-order valence-corrected chi connectivity index (χ3v) is 14.3. The molecule has 3 aliphatic carbocycles. The highest BCUT2D eigenvalue weighted by Crippen LogP contribution is 2.61. The van der Waals surface area contributed by atoms with E-state index in [2.05, 4.69) is 38.3 Å². The van der Waals surface area contributed by atoms with Crippen LogP contribution in [0.5, 0.6) is 5.75 Å². The molecule has 4 heterocycles. The quantitative estimate of drug-likeness (QED) is 0.299. The van der Waals surface area contributed by atoms with Crippen molar-refractivity contribution >= 4 is 39.0 Å². The highest BCUT2D eigenvalue weighted by Gasteiger charge is 2.54. The molecule has 10 nitrogen and oxygen atoms in total. The largest absolute Gasteiger partial charge is 0.490 e. The van der Waals surface area contributed by atoms with Crippen molar-refractivity contribution in [2.75, 3.05) is 44.1 Å². The van der Waals surface area contributed by atoms with Crippen molar-refractivity contribution in [2.24, 2.45) is 22.1 Å². The number of fused-ring (bicyclic) bond motifs is 7. The van der Waals surface area contributed by atoms with Crippen LogP contribution in [0.25, 0.3) is 0 Å². The Hall–Kier alpha value is -3.64. The zero-order valence-electron chi connectivity index (χ0n) is 29.4. The first kappa shape index (κ1) is 34.1. The summed E-state index contributed by atoms with van der Waals surface area (Å²) in [6, 6.07) is 13.5. The number of benzene rings is 2. The summed E-state index contributed by atoms with van der Waals surface area (Å²) < 4.78 is 41.7. The number of amides is 2. The summed E-state index contributed by atoms with van der Waals surface area (Å²) in [4.78, 5) is 29.9. The van der Waals surface area contributed by atoms with E-state index in [1.807, 2.05) is 22.8 Å². The van der Waals surface area contributed by atoms with E-state index in [4.69, 9.17) is 25.8 Å². The average molecular weight is 745 g/mol. The number of carbonyl (C=O) groups excluding carboxylic acids is 2. The predicted octanol–water partition coefficient (Wildman–Crippen LogP) is 6.66. The van der Waals surface area contributed by atoms with E-state index in [9.17, 15) is 13.8 Å². The number of aromatic nitrogens is 1. The van der Waals surface area contributed by atoms with Gasteiger partial charge in [-0.15, -0.1) is 4.36 Å². The number of methoxy groups -OCH3 is 1. The van der Waals surface area contributed by atoms with Crippen LogP contribution in [0.2, 0.25) is 5.02 Å². The topological polar surface area (TPSA) is 111 Å². The molecule has 1 N–H and O–H groups in total. The minimum absolute atomic E-state index is 0.0312. The molecule has 2 saturated carbocycles. The lowest BCUT2D eigenvalue weighted by Gasteiger charge is -2.46. The molecule has 3 aliphatic heterocycles. The summed E-state index contributed by atoms with van der Waals surface area (Å²) >= 11 is 6.54. The van der Waals surface area contributed by atoms with Crippen LogP contribution in [0, 0.1) is 17.8 Å². The maximum Gasteiger partial charge on any atom is 0.286 e. The number of ether oxygens (including phenoxy) is 3. The van der Waals surface area contributed by atoms with Gasteiger partial charge in [0.05, 0.1) is 42.9 Å². The van der Waals surface area contributed by atoms with Gasteiger partial charge >= 0.3 is 0 Å². The number of anilines is 1. The number of hydrogen-bond acceptors (Lipinski definition) is 7. The highest BCUT2D eigenvalue weighted by molar-refractivity contribution is 7.92. The molecule has 274 valence electrons. The number of halogens is 1. The number of carbonyl (C=O) groups is 2. The van der Waals surface area contributed by atoms with Gasteiger partial charge in [0.2, 0.25) is 0 Å². The maximum atomic E-state index is 14.5. The molecule has 52 heavy (non-hydrogen) atoms. The predicted molar refractivity (Wildman–Crippen MR) is 199 cm³/mol. The van der Waals surface area contributed by atoms with Crippen LogP contribution in [-0.4, -0.2) is 65.9 Å². The molecule has 1 aromatic heterocycles. The molecule has 0 radical (unpaired) electrons. The van der Waals surface area contributed by atoms with Crippen LogP contribution in [0.1, 0.15) is 82.0 Å². The van der Waals surface area contributed by atoms with Crippen molar-refractivity contribution in [1.82, 2.24) is 9.29 Å². The van der Waals surface area contributed by atoms with E-state index < -0.39 is 21.7 Å². The summed E-state index contributed by atoms with van der Waals surface area (Å²) in [6.45, 7) is 3.67. The fourth-order valence-corrected chi connectivity index (χ4v) is 11.1. The smallest absolute Gasteiger partial charge is 0.286 e. The lowest BCUT2D eigenvalue weighted by atomic mass is 9.68. The summed E-state index contributed by atoms with van der Waals surface area (Å²) in [7, 11) is -1.71. The second-order valence-electron chi connectivity index (χ2n) is 15.6. The zero-order chi connectivity index (χ0) is 35.6. The highest BCUT2D eigenvalue weighted by atomic mass is 35.5. The minimum atomic E-state index is -3.48. The van der Waals surface area contributed by atoms with Crippen LogP contribution in [-0.2, 0) is 38.0 Å². The first-order chi connectivity index (χ1) is 25.2. The molecular weight excluding hydrogens is 700 g/mol. The van der Waals surface area contributed by atoms with E-state index in [-0.39, 0.29) is 17.3 Å². The number of rotatable bonds is 3. The van der Waals surface area contributed by atoms with Crippen molar-refractivity contribution in [2.45, 2.75) is 69.1 Å². The lowest BCUT2D eigenvalue weighted by molar-refractivity contribution is 0.0131. The monoisotopic (exact) mass is 744 g/mol. The molecule has 9 rings (SSSR count). The van der Waals surface area contributed by atoms with Gasteiger partial charge in [0.15, 0.2) is 0 Å². The molecule has 6 aliphatic rings. The molecule has 2 amide bonds. The number of allylic oxidation sites excluding steroid dienone is 1. The van der Waals surface area contributed by atoms with Crippen molar-refractivity contribution in [1.29, 1.82) is 0 Å². The maximum absolute atomic E-state index is 14.5. The molecule has 0 saturated heterocycles. The van der Waals surface area contributed by atoms with Gasteiger partial charge in [-0.25, -0.2) is 4.21 Å².